The van der Waals surface area contributed by atoms with Crippen LogP contribution in [0.5, 0.6) is 0 Å². The van der Waals surface area contributed by atoms with Gasteiger partial charge in [-0.05, 0) is 55.5 Å². The number of hydrogen-bond donors (Lipinski definition) is 2. The zero-order valence-corrected chi connectivity index (χ0v) is 15.2. The molecule has 2 amide bonds. The zero-order valence-electron chi connectivity index (χ0n) is 15.2. The molecule has 0 aliphatic carbocycles. The molecule has 0 unspecified atom stereocenters. The highest BCUT2D eigenvalue weighted by atomic mass is 16.2. The molecule has 28 heavy (non-hydrogen) atoms. The van der Waals surface area contributed by atoms with Crippen LogP contribution in [-0.2, 0) is 6.54 Å². The van der Waals surface area contributed by atoms with Gasteiger partial charge in [-0.15, -0.1) is 0 Å². The van der Waals surface area contributed by atoms with Crippen molar-refractivity contribution in [3.05, 3.63) is 89.5 Å². The first-order valence-electron chi connectivity index (χ1n) is 8.59. The summed E-state index contributed by atoms with van der Waals surface area (Å²) in [7, 11) is 0. The number of amides is 2. The van der Waals surface area contributed by atoms with Crippen molar-refractivity contribution in [1.29, 1.82) is 0 Å². The molecule has 2 aromatic heterocycles. The fourth-order valence-corrected chi connectivity index (χ4v) is 2.45. The Bertz CT molecular complexity index is 1000. The van der Waals surface area contributed by atoms with E-state index in [4.69, 9.17) is 0 Å². The number of rotatable bonds is 6. The highest BCUT2D eigenvalue weighted by Gasteiger charge is 2.12. The van der Waals surface area contributed by atoms with E-state index in [1.165, 1.54) is 25.3 Å². The fraction of sp³-hybridized carbons (Fsp3) is 0.0952. The SMILES string of the molecule is CC(=O)c1ccc(NC(=O)c2cc(C(=O)NCc3ccccn3)ccn2)cc1. The predicted octanol–water partition coefficient (Wildman–Crippen LogP) is 2.86. The maximum atomic E-state index is 12.4. The quantitative estimate of drug-likeness (QED) is 0.646. The van der Waals surface area contributed by atoms with Crippen LogP contribution in [-0.4, -0.2) is 27.6 Å². The number of hydrogen-bond acceptors (Lipinski definition) is 5. The van der Waals surface area contributed by atoms with Crippen LogP contribution in [0.3, 0.4) is 0 Å². The largest absolute Gasteiger partial charge is 0.346 e. The van der Waals surface area contributed by atoms with Crippen LogP contribution < -0.4 is 10.6 Å². The first-order valence-corrected chi connectivity index (χ1v) is 8.59. The van der Waals surface area contributed by atoms with Gasteiger partial charge in [-0.3, -0.25) is 24.4 Å². The summed E-state index contributed by atoms with van der Waals surface area (Å²) in [5, 5.41) is 5.45. The molecule has 3 rings (SSSR count). The standard InChI is InChI=1S/C21H18N4O3/c1-14(26)15-5-7-17(8-6-15)25-21(28)19-12-16(9-11-23-19)20(27)24-13-18-4-2-3-10-22-18/h2-12H,13H2,1H3,(H,24,27)(H,25,28). The molecule has 0 aliphatic heterocycles. The smallest absolute Gasteiger partial charge is 0.274 e. The van der Waals surface area contributed by atoms with Gasteiger partial charge in [0.1, 0.15) is 5.69 Å². The molecule has 0 bridgehead atoms. The second-order valence-electron chi connectivity index (χ2n) is 6.02. The summed E-state index contributed by atoms with van der Waals surface area (Å²) in [6.45, 7) is 1.76. The first kappa shape index (κ1) is 18.9. The van der Waals surface area contributed by atoms with E-state index in [0.717, 1.165) is 5.69 Å². The van der Waals surface area contributed by atoms with Gasteiger partial charge in [-0.25, -0.2) is 0 Å². The van der Waals surface area contributed by atoms with E-state index in [1.807, 2.05) is 12.1 Å². The summed E-state index contributed by atoms with van der Waals surface area (Å²) in [4.78, 5) is 44.2. The van der Waals surface area contributed by atoms with Gasteiger partial charge in [0.05, 0.1) is 12.2 Å². The van der Waals surface area contributed by atoms with Crippen molar-refractivity contribution in [2.75, 3.05) is 5.32 Å². The van der Waals surface area contributed by atoms with Crippen LogP contribution in [0.1, 0.15) is 43.8 Å². The lowest BCUT2D eigenvalue weighted by Crippen LogP contribution is -2.24. The van der Waals surface area contributed by atoms with Crippen LogP contribution in [0.15, 0.2) is 67.0 Å². The van der Waals surface area contributed by atoms with Gasteiger partial charge in [-0.2, -0.15) is 0 Å². The number of pyridine rings is 2. The van der Waals surface area contributed by atoms with Crippen LogP contribution in [0.4, 0.5) is 5.69 Å². The third-order valence-electron chi connectivity index (χ3n) is 3.96. The zero-order chi connectivity index (χ0) is 19.9. The van der Waals surface area contributed by atoms with Crippen molar-refractivity contribution in [2.45, 2.75) is 13.5 Å². The Kier molecular flexibility index (Phi) is 5.86. The van der Waals surface area contributed by atoms with E-state index in [9.17, 15) is 14.4 Å². The number of benzene rings is 1. The molecule has 1 aromatic carbocycles. The summed E-state index contributed by atoms with van der Waals surface area (Å²) in [6.07, 6.45) is 3.06. The van der Waals surface area contributed by atoms with Crippen molar-refractivity contribution in [1.82, 2.24) is 15.3 Å². The molecule has 7 nitrogen and oxygen atoms in total. The van der Waals surface area contributed by atoms with Gasteiger partial charge in [0.15, 0.2) is 5.78 Å². The van der Waals surface area contributed by atoms with Crippen molar-refractivity contribution in [3.8, 4) is 0 Å². The number of nitrogens with one attached hydrogen (secondary N) is 2. The minimum Gasteiger partial charge on any atom is -0.346 e. The van der Waals surface area contributed by atoms with Gasteiger partial charge in [0.25, 0.3) is 11.8 Å². The molecule has 0 saturated carbocycles. The molecule has 2 heterocycles. The van der Waals surface area contributed by atoms with E-state index in [2.05, 4.69) is 20.6 Å². The van der Waals surface area contributed by atoms with Crippen LogP contribution >= 0.6 is 0 Å². The molecule has 0 radical (unpaired) electrons. The number of anilines is 1. The van der Waals surface area contributed by atoms with Crippen molar-refractivity contribution in [3.63, 3.8) is 0 Å². The molecule has 0 spiro atoms. The van der Waals surface area contributed by atoms with Gasteiger partial charge >= 0.3 is 0 Å². The second-order valence-corrected chi connectivity index (χ2v) is 6.02. The van der Waals surface area contributed by atoms with Crippen LogP contribution in [0, 0.1) is 0 Å². The van der Waals surface area contributed by atoms with Crippen LogP contribution in [0.25, 0.3) is 0 Å². The monoisotopic (exact) mass is 374 g/mol. The minimum absolute atomic E-state index is 0.0519. The average molecular weight is 374 g/mol. The molecule has 7 heteroatoms. The van der Waals surface area contributed by atoms with Gasteiger partial charge in [0.2, 0.25) is 0 Å². The number of Topliss-reactive ketones (excluding diaryl/α,β-unsaturated/α-hetero) is 1. The highest BCUT2D eigenvalue weighted by molar-refractivity contribution is 6.05. The number of carbonyl (C=O) groups is 3. The van der Waals surface area contributed by atoms with E-state index in [-0.39, 0.29) is 23.9 Å². The number of carbonyl (C=O) groups excluding carboxylic acids is 3. The summed E-state index contributed by atoms with van der Waals surface area (Å²) in [6, 6.07) is 14.9. The Balaban J connectivity index is 1.65. The van der Waals surface area contributed by atoms with Crippen molar-refractivity contribution in [2.24, 2.45) is 0 Å². The average Bonchev–Trinajstić information content (AvgIpc) is 2.73. The molecule has 0 aliphatic rings. The molecule has 0 saturated heterocycles. The Hall–Kier alpha value is -3.87. The number of aromatic nitrogens is 2. The summed E-state index contributed by atoms with van der Waals surface area (Å²) >= 11 is 0. The minimum atomic E-state index is -0.449. The number of nitrogens with zero attached hydrogens (tertiary/aromatic N) is 2. The Labute approximate surface area is 161 Å². The molecule has 0 fully saturated rings. The molecular weight excluding hydrogens is 356 g/mol. The van der Waals surface area contributed by atoms with Gasteiger partial charge < -0.3 is 10.6 Å². The van der Waals surface area contributed by atoms with Crippen molar-refractivity contribution >= 4 is 23.3 Å². The Morgan fingerprint density at radius 2 is 1.64 bits per heavy atom. The third-order valence-corrected chi connectivity index (χ3v) is 3.96. The fourth-order valence-electron chi connectivity index (χ4n) is 2.45. The normalized spacial score (nSPS) is 10.2. The topological polar surface area (TPSA) is 101 Å². The van der Waals surface area contributed by atoms with E-state index < -0.39 is 5.91 Å². The lowest BCUT2D eigenvalue weighted by Gasteiger charge is -2.08. The van der Waals surface area contributed by atoms with E-state index >= 15 is 0 Å². The predicted molar refractivity (Wildman–Crippen MR) is 104 cm³/mol. The first-order chi connectivity index (χ1) is 13.5. The van der Waals surface area contributed by atoms with Gasteiger partial charge in [-0.1, -0.05) is 6.07 Å². The molecule has 140 valence electrons. The molecule has 3 aromatic rings. The lowest BCUT2D eigenvalue weighted by molar-refractivity contribution is 0.0949. The second kappa shape index (κ2) is 8.68. The molecule has 2 N–H and O–H groups in total. The molecular formula is C21H18N4O3. The highest BCUT2D eigenvalue weighted by Crippen LogP contribution is 2.12. The maximum Gasteiger partial charge on any atom is 0.274 e. The Morgan fingerprint density at radius 3 is 2.32 bits per heavy atom. The number of ketones is 1. The van der Waals surface area contributed by atoms with E-state index in [1.54, 1.807) is 36.5 Å². The maximum absolute atomic E-state index is 12.4. The van der Waals surface area contributed by atoms with E-state index in [0.29, 0.717) is 16.8 Å². The summed E-state index contributed by atoms with van der Waals surface area (Å²) in [5.74, 6) is -0.827. The van der Waals surface area contributed by atoms with Crippen molar-refractivity contribution < 1.29 is 14.4 Å². The Morgan fingerprint density at radius 1 is 0.857 bits per heavy atom. The summed E-state index contributed by atoms with van der Waals surface area (Å²) < 4.78 is 0. The molecule has 0 atom stereocenters. The lowest BCUT2D eigenvalue weighted by atomic mass is 10.1. The van der Waals surface area contributed by atoms with Crippen LogP contribution in [0.2, 0.25) is 0 Å². The van der Waals surface area contributed by atoms with Gasteiger partial charge in [0, 0.05) is 29.2 Å². The summed E-state index contributed by atoms with van der Waals surface area (Å²) in [5.41, 5.74) is 2.26. The third kappa shape index (κ3) is 4.85.